The van der Waals surface area contributed by atoms with Crippen molar-refractivity contribution in [1.29, 1.82) is 0 Å². The molecular weight excluding hydrogens is 569 g/mol. The fourth-order valence-corrected chi connectivity index (χ4v) is 8.96. The van der Waals surface area contributed by atoms with Crippen LogP contribution in [0.15, 0.2) is 134 Å². The van der Waals surface area contributed by atoms with E-state index in [1.807, 2.05) is 12.3 Å². The van der Waals surface area contributed by atoms with E-state index >= 15 is 0 Å². The van der Waals surface area contributed by atoms with Gasteiger partial charge in [0, 0.05) is 28.1 Å². The van der Waals surface area contributed by atoms with Crippen LogP contribution in [0.5, 0.6) is 0 Å². The normalized spacial score (nSPS) is 15.1. The van der Waals surface area contributed by atoms with Gasteiger partial charge in [0.15, 0.2) is 0 Å². The molecule has 2 aliphatic carbocycles. The van der Waals surface area contributed by atoms with Crippen molar-refractivity contribution in [3.05, 3.63) is 156 Å². The summed E-state index contributed by atoms with van der Waals surface area (Å²) in [5, 5.41) is 7.80. The van der Waals surface area contributed by atoms with Gasteiger partial charge in [-0.3, -0.25) is 4.90 Å². The molecule has 7 aromatic carbocycles. The number of rotatable bonds is 3. The number of hydrogen-bond acceptors (Lipinski definition) is 2. The maximum absolute atomic E-state index is 4.92. The molecule has 0 atom stereocenters. The minimum atomic E-state index is -0.0436. The van der Waals surface area contributed by atoms with Gasteiger partial charge >= 0.3 is 0 Å². The maximum Gasteiger partial charge on any atom is 0.137 e. The molecule has 0 amide bonds. The Morgan fingerprint density at radius 3 is 1.94 bits per heavy atom. The van der Waals surface area contributed by atoms with Crippen LogP contribution < -0.4 is 4.90 Å². The highest BCUT2D eigenvalue weighted by molar-refractivity contribution is 6.28. The van der Waals surface area contributed by atoms with Gasteiger partial charge < -0.3 is 0 Å². The molecule has 0 unspecified atom stereocenters. The highest BCUT2D eigenvalue weighted by Gasteiger charge is 2.38. The van der Waals surface area contributed by atoms with Gasteiger partial charge in [0.05, 0.1) is 5.69 Å². The van der Waals surface area contributed by atoms with Gasteiger partial charge in [0.25, 0.3) is 0 Å². The smallest absolute Gasteiger partial charge is 0.137 e. The van der Waals surface area contributed by atoms with Gasteiger partial charge in [-0.25, -0.2) is 4.98 Å². The Labute approximate surface area is 275 Å². The first kappa shape index (κ1) is 26.7. The quantitative estimate of drug-likeness (QED) is 0.187. The Hall–Kier alpha value is -5.47. The molecule has 0 saturated heterocycles. The fraction of sp³-hybridized carbons (Fsp3) is 0.133. The van der Waals surface area contributed by atoms with Crippen LogP contribution in [-0.2, 0) is 10.8 Å². The molecule has 2 nitrogen and oxygen atoms in total. The number of aromatic nitrogens is 1. The van der Waals surface area contributed by atoms with Crippen LogP contribution >= 0.6 is 0 Å². The third-order valence-electron chi connectivity index (χ3n) is 11.2. The predicted molar refractivity (Wildman–Crippen MR) is 198 cm³/mol. The Morgan fingerprint density at radius 2 is 1.13 bits per heavy atom. The van der Waals surface area contributed by atoms with E-state index < -0.39 is 0 Å². The summed E-state index contributed by atoms with van der Waals surface area (Å²) in [6.07, 6.45) is 1.90. The van der Waals surface area contributed by atoms with Crippen molar-refractivity contribution in [2.45, 2.75) is 38.5 Å². The molecule has 8 aromatic rings. The highest BCUT2D eigenvalue weighted by Crippen LogP contribution is 2.55. The van der Waals surface area contributed by atoms with Gasteiger partial charge in [-0.05, 0) is 108 Å². The molecule has 0 fully saturated rings. The highest BCUT2D eigenvalue weighted by atomic mass is 15.2. The summed E-state index contributed by atoms with van der Waals surface area (Å²) in [6, 6.07) is 47.4. The lowest BCUT2D eigenvalue weighted by atomic mass is 9.80. The zero-order chi connectivity index (χ0) is 31.7. The van der Waals surface area contributed by atoms with Gasteiger partial charge in [-0.1, -0.05) is 119 Å². The Balaban J connectivity index is 1.26. The van der Waals surface area contributed by atoms with Crippen molar-refractivity contribution in [2.24, 2.45) is 0 Å². The minimum absolute atomic E-state index is 0.0409. The largest absolute Gasteiger partial charge is 0.294 e. The van der Waals surface area contributed by atoms with Crippen LogP contribution in [0.3, 0.4) is 0 Å². The molecule has 0 radical (unpaired) electrons. The van der Waals surface area contributed by atoms with Crippen molar-refractivity contribution >= 4 is 49.5 Å². The predicted octanol–water partition coefficient (Wildman–Crippen LogP) is 12.1. The third kappa shape index (κ3) is 3.43. The maximum atomic E-state index is 4.92. The van der Waals surface area contributed by atoms with Gasteiger partial charge in [0.2, 0.25) is 0 Å². The molecule has 47 heavy (non-hydrogen) atoms. The summed E-state index contributed by atoms with van der Waals surface area (Å²) in [5.74, 6) is 0.907. The average molecular weight is 603 g/mol. The topological polar surface area (TPSA) is 16.1 Å². The van der Waals surface area contributed by atoms with E-state index in [1.165, 1.54) is 76.8 Å². The van der Waals surface area contributed by atoms with E-state index in [9.17, 15) is 0 Å². The van der Waals surface area contributed by atoms with Gasteiger partial charge in [-0.15, -0.1) is 0 Å². The summed E-state index contributed by atoms with van der Waals surface area (Å²) < 4.78 is 0. The van der Waals surface area contributed by atoms with Crippen LogP contribution in [0.2, 0.25) is 0 Å². The van der Waals surface area contributed by atoms with Crippen LogP contribution in [0.4, 0.5) is 17.2 Å². The van der Waals surface area contributed by atoms with Crippen molar-refractivity contribution in [2.75, 3.05) is 4.90 Å². The van der Waals surface area contributed by atoms with Crippen molar-refractivity contribution in [1.82, 2.24) is 4.98 Å². The molecule has 2 aliphatic rings. The molecule has 2 heteroatoms. The lowest BCUT2D eigenvalue weighted by molar-refractivity contribution is 0.660. The lowest BCUT2D eigenvalue weighted by Gasteiger charge is -2.28. The first-order valence-corrected chi connectivity index (χ1v) is 16.6. The number of anilines is 3. The van der Waals surface area contributed by atoms with E-state index in [4.69, 9.17) is 4.98 Å². The number of hydrogen-bond donors (Lipinski definition) is 0. The van der Waals surface area contributed by atoms with E-state index in [1.54, 1.807) is 0 Å². The van der Waals surface area contributed by atoms with Crippen molar-refractivity contribution in [3.63, 3.8) is 0 Å². The van der Waals surface area contributed by atoms with Crippen LogP contribution in [0.1, 0.15) is 49.9 Å². The second-order valence-electron chi connectivity index (χ2n) is 14.4. The van der Waals surface area contributed by atoms with Gasteiger partial charge in [-0.2, -0.15) is 0 Å². The van der Waals surface area contributed by atoms with E-state index in [0.29, 0.717) is 0 Å². The SMILES string of the molecule is CC1(C)c2ccccc2-c2cc(N(c3ccccn3)c3ccc4ccc5cc6c(c7ccc3c4c57)-c3ccccc3C6(C)C)ccc21. The molecular formula is C45H34N2. The lowest BCUT2D eigenvalue weighted by Crippen LogP contribution is -2.16. The van der Waals surface area contributed by atoms with Crippen molar-refractivity contribution < 1.29 is 0 Å². The number of pyridine rings is 1. The van der Waals surface area contributed by atoms with Crippen molar-refractivity contribution in [3.8, 4) is 22.3 Å². The van der Waals surface area contributed by atoms with Gasteiger partial charge in [0.1, 0.15) is 5.82 Å². The summed E-state index contributed by atoms with van der Waals surface area (Å²) in [4.78, 5) is 7.27. The molecule has 0 saturated carbocycles. The fourth-order valence-electron chi connectivity index (χ4n) is 8.96. The minimum Gasteiger partial charge on any atom is -0.294 e. The molecule has 224 valence electrons. The zero-order valence-corrected chi connectivity index (χ0v) is 27.1. The number of nitrogens with zero attached hydrogens (tertiary/aromatic N) is 2. The molecule has 0 spiro atoms. The zero-order valence-electron chi connectivity index (χ0n) is 27.1. The standard InChI is InChI=1S/C45H34N2/c1-44(2)35-13-7-5-11-30(35)34-26-29(19-22-37(34)44)47(40-15-9-10-24-46-40)39-23-18-27-16-17-28-25-38-43(33-21-20-32(39)41(27)42(28)33)31-12-6-8-14-36(31)45(38,3)4/h5-26H,1-4H3. The summed E-state index contributed by atoms with van der Waals surface area (Å²) in [7, 11) is 0. The van der Waals surface area contributed by atoms with E-state index in [0.717, 1.165) is 17.2 Å². The summed E-state index contributed by atoms with van der Waals surface area (Å²) in [6.45, 7) is 9.42. The first-order chi connectivity index (χ1) is 22.8. The Kier molecular flexibility index (Phi) is 5.16. The van der Waals surface area contributed by atoms with Crippen LogP contribution in [0.25, 0.3) is 54.6 Å². The second kappa shape index (κ2) is 9.08. The molecule has 0 bridgehead atoms. The average Bonchev–Trinajstić information content (AvgIpc) is 3.47. The molecule has 10 rings (SSSR count). The molecule has 0 N–H and O–H groups in total. The molecule has 0 aliphatic heterocycles. The van der Waals surface area contributed by atoms with Crippen LogP contribution in [-0.4, -0.2) is 4.98 Å². The second-order valence-corrected chi connectivity index (χ2v) is 14.4. The van der Waals surface area contributed by atoms with E-state index in [-0.39, 0.29) is 10.8 Å². The Bertz CT molecular complexity index is 2570. The molecule has 1 aromatic heterocycles. The number of benzene rings is 7. The third-order valence-corrected chi connectivity index (χ3v) is 11.2. The monoisotopic (exact) mass is 602 g/mol. The van der Waals surface area contributed by atoms with E-state index in [2.05, 4.69) is 154 Å². The summed E-state index contributed by atoms with van der Waals surface area (Å²) in [5.41, 5.74) is 13.1. The first-order valence-electron chi connectivity index (χ1n) is 16.6. The molecule has 1 heterocycles. The Morgan fingerprint density at radius 1 is 0.489 bits per heavy atom. The summed E-state index contributed by atoms with van der Waals surface area (Å²) >= 11 is 0. The van der Waals surface area contributed by atoms with Crippen LogP contribution in [0, 0.1) is 0 Å². The number of fused-ring (bicyclic) bond motifs is 7.